The molecule has 1 rings (SSSR count). The second-order valence-electron chi connectivity index (χ2n) is 4.74. The third kappa shape index (κ3) is 4.39. The van der Waals surface area contributed by atoms with Crippen molar-refractivity contribution in [3.63, 3.8) is 0 Å². The topological polar surface area (TPSA) is 29.5 Å². The molecule has 0 fully saturated rings. The van der Waals surface area contributed by atoms with Crippen molar-refractivity contribution in [2.45, 2.75) is 59.2 Å². The van der Waals surface area contributed by atoms with Crippen LogP contribution in [0.2, 0.25) is 0 Å². The van der Waals surface area contributed by atoms with Crippen molar-refractivity contribution in [1.82, 2.24) is 0 Å². The van der Waals surface area contributed by atoms with Crippen molar-refractivity contribution in [2.75, 3.05) is 0 Å². The summed E-state index contributed by atoms with van der Waals surface area (Å²) in [6.07, 6.45) is 2.13. The summed E-state index contributed by atoms with van der Waals surface area (Å²) >= 11 is 0. The molecule has 1 aromatic carbocycles. The summed E-state index contributed by atoms with van der Waals surface area (Å²) in [7, 11) is 0. The Labute approximate surface area is 105 Å². The van der Waals surface area contributed by atoms with E-state index in [1.54, 1.807) is 0 Å². The van der Waals surface area contributed by atoms with Crippen LogP contribution in [0, 0.1) is 13.8 Å². The molecule has 0 aliphatic heterocycles. The van der Waals surface area contributed by atoms with E-state index in [0.29, 0.717) is 0 Å². The highest BCUT2D eigenvalue weighted by Crippen LogP contribution is 2.20. The van der Waals surface area contributed by atoms with Crippen molar-refractivity contribution >= 4 is 0 Å². The zero-order chi connectivity index (χ0) is 12.8. The predicted molar refractivity (Wildman–Crippen MR) is 71.5 cm³/mol. The van der Waals surface area contributed by atoms with Gasteiger partial charge in [0.2, 0.25) is 0 Å². The lowest BCUT2D eigenvalue weighted by atomic mass is 10.1. The molecule has 0 spiro atoms. The molecular weight excluding hydrogens is 212 g/mol. The molecule has 0 aromatic heterocycles. The van der Waals surface area contributed by atoms with E-state index in [4.69, 9.17) is 4.74 Å². The maximum atomic E-state index is 9.98. The number of aryl methyl sites for hydroxylation is 2. The number of aliphatic hydroxyl groups is 1. The van der Waals surface area contributed by atoms with Crippen LogP contribution in [-0.2, 0) is 0 Å². The Bertz CT molecular complexity index is 327. The fourth-order valence-electron chi connectivity index (χ4n) is 2.09. The summed E-state index contributed by atoms with van der Waals surface area (Å²) in [6, 6.07) is 6.17. The number of rotatable bonds is 6. The molecule has 2 unspecified atom stereocenters. The molecular formula is C15H24O2. The van der Waals surface area contributed by atoms with E-state index >= 15 is 0 Å². The fourth-order valence-corrected chi connectivity index (χ4v) is 2.09. The Morgan fingerprint density at radius 1 is 1.12 bits per heavy atom. The number of ether oxygens (including phenoxy) is 1. The molecule has 96 valence electrons. The summed E-state index contributed by atoms with van der Waals surface area (Å²) in [4.78, 5) is 0. The van der Waals surface area contributed by atoms with Crippen molar-refractivity contribution in [3.8, 4) is 5.75 Å². The van der Waals surface area contributed by atoms with Crippen LogP contribution in [0.15, 0.2) is 18.2 Å². The second kappa shape index (κ2) is 6.65. The maximum Gasteiger partial charge on any atom is 0.124 e. The van der Waals surface area contributed by atoms with Crippen LogP contribution >= 0.6 is 0 Å². The van der Waals surface area contributed by atoms with E-state index in [1.165, 1.54) is 11.1 Å². The number of aliphatic hydroxyl groups excluding tert-OH is 1. The molecule has 2 heteroatoms. The Morgan fingerprint density at radius 2 is 1.71 bits per heavy atom. The molecule has 1 N–H and O–H groups in total. The Kier molecular flexibility index (Phi) is 5.49. The lowest BCUT2D eigenvalue weighted by Gasteiger charge is -2.23. The van der Waals surface area contributed by atoms with Gasteiger partial charge >= 0.3 is 0 Å². The van der Waals surface area contributed by atoms with E-state index in [-0.39, 0.29) is 12.2 Å². The summed E-state index contributed by atoms with van der Waals surface area (Å²) < 4.78 is 5.89. The molecule has 2 atom stereocenters. The van der Waals surface area contributed by atoms with Gasteiger partial charge in [-0.25, -0.2) is 0 Å². The first kappa shape index (κ1) is 14.0. The maximum absolute atomic E-state index is 9.98. The quantitative estimate of drug-likeness (QED) is 0.817. The zero-order valence-electron chi connectivity index (χ0n) is 11.4. The highest BCUT2D eigenvalue weighted by Gasteiger charge is 2.18. The number of hydrogen-bond acceptors (Lipinski definition) is 2. The normalized spacial score (nSPS) is 14.4. The molecule has 0 amide bonds. The molecule has 0 heterocycles. The van der Waals surface area contributed by atoms with Crippen molar-refractivity contribution < 1.29 is 9.84 Å². The highest BCUT2D eigenvalue weighted by atomic mass is 16.5. The minimum Gasteiger partial charge on any atom is -0.488 e. The van der Waals surface area contributed by atoms with Gasteiger partial charge in [-0.15, -0.1) is 0 Å². The molecule has 0 bridgehead atoms. The summed E-state index contributed by atoms with van der Waals surface area (Å²) in [5.74, 6) is 0.865. The van der Waals surface area contributed by atoms with Gasteiger partial charge in [0.15, 0.2) is 0 Å². The van der Waals surface area contributed by atoms with E-state index in [1.807, 2.05) is 19.1 Å². The standard InChI is InChI=1S/C15H24O2/c1-5-7-14(16)15(6-2)17-13-9-11(3)8-12(4)10-13/h8-10,14-16H,5-7H2,1-4H3. The predicted octanol–water partition coefficient (Wildman–Crippen LogP) is 3.62. The van der Waals surface area contributed by atoms with E-state index < -0.39 is 0 Å². The van der Waals surface area contributed by atoms with Gasteiger partial charge < -0.3 is 9.84 Å². The lowest BCUT2D eigenvalue weighted by Crippen LogP contribution is -2.31. The number of hydrogen-bond donors (Lipinski definition) is 1. The van der Waals surface area contributed by atoms with Crippen molar-refractivity contribution in [1.29, 1.82) is 0 Å². The largest absolute Gasteiger partial charge is 0.488 e. The van der Waals surface area contributed by atoms with Crippen LogP contribution in [0.25, 0.3) is 0 Å². The van der Waals surface area contributed by atoms with Crippen LogP contribution in [0.5, 0.6) is 5.75 Å². The summed E-state index contributed by atoms with van der Waals surface area (Å²) in [5, 5.41) is 9.98. The van der Waals surface area contributed by atoms with Crippen LogP contribution in [0.1, 0.15) is 44.2 Å². The van der Waals surface area contributed by atoms with E-state index in [2.05, 4.69) is 26.8 Å². The van der Waals surface area contributed by atoms with Gasteiger partial charge in [0.1, 0.15) is 11.9 Å². The van der Waals surface area contributed by atoms with Gasteiger partial charge in [0, 0.05) is 0 Å². The fraction of sp³-hybridized carbons (Fsp3) is 0.600. The van der Waals surface area contributed by atoms with E-state index in [9.17, 15) is 5.11 Å². The molecule has 17 heavy (non-hydrogen) atoms. The molecule has 0 radical (unpaired) electrons. The molecule has 2 nitrogen and oxygen atoms in total. The third-order valence-corrected chi connectivity index (χ3v) is 2.90. The average Bonchev–Trinajstić information content (AvgIpc) is 2.24. The van der Waals surface area contributed by atoms with Gasteiger partial charge in [-0.05, 0) is 49.9 Å². The molecule has 0 aliphatic carbocycles. The average molecular weight is 236 g/mol. The summed E-state index contributed by atoms with van der Waals surface area (Å²) in [6.45, 7) is 8.24. The Balaban J connectivity index is 2.73. The molecule has 1 aromatic rings. The minimum atomic E-state index is -0.370. The SMILES string of the molecule is CCCC(O)C(CC)Oc1cc(C)cc(C)c1. The monoisotopic (exact) mass is 236 g/mol. The smallest absolute Gasteiger partial charge is 0.124 e. The Hall–Kier alpha value is -1.02. The van der Waals surface area contributed by atoms with Crippen LogP contribution in [0.3, 0.4) is 0 Å². The van der Waals surface area contributed by atoms with Crippen molar-refractivity contribution in [2.24, 2.45) is 0 Å². The minimum absolute atomic E-state index is 0.101. The van der Waals surface area contributed by atoms with Gasteiger partial charge in [0.05, 0.1) is 6.10 Å². The summed E-state index contributed by atoms with van der Waals surface area (Å²) in [5.41, 5.74) is 2.39. The molecule has 0 saturated carbocycles. The van der Waals surface area contributed by atoms with Crippen LogP contribution in [0.4, 0.5) is 0 Å². The lowest BCUT2D eigenvalue weighted by molar-refractivity contribution is 0.0284. The van der Waals surface area contributed by atoms with Gasteiger partial charge in [-0.2, -0.15) is 0 Å². The van der Waals surface area contributed by atoms with Crippen LogP contribution < -0.4 is 4.74 Å². The first-order valence-electron chi connectivity index (χ1n) is 6.49. The van der Waals surface area contributed by atoms with Gasteiger partial charge in [-0.3, -0.25) is 0 Å². The van der Waals surface area contributed by atoms with Gasteiger partial charge in [0.25, 0.3) is 0 Å². The van der Waals surface area contributed by atoms with Gasteiger partial charge in [-0.1, -0.05) is 26.3 Å². The third-order valence-electron chi connectivity index (χ3n) is 2.90. The first-order chi connectivity index (χ1) is 8.06. The van der Waals surface area contributed by atoms with Crippen molar-refractivity contribution in [3.05, 3.63) is 29.3 Å². The van der Waals surface area contributed by atoms with E-state index in [0.717, 1.165) is 25.0 Å². The Morgan fingerprint density at radius 3 is 2.18 bits per heavy atom. The van der Waals surface area contributed by atoms with Crippen LogP contribution in [-0.4, -0.2) is 17.3 Å². The second-order valence-corrected chi connectivity index (χ2v) is 4.74. The zero-order valence-corrected chi connectivity index (χ0v) is 11.4. The molecule has 0 saturated heterocycles. The molecule has 0 aliphatic rings. The number of benzene rings is 1. The highest BCUT2D eigenvalue weighted by molar-refractivity contribution is 5.33. The first-order valence-corrected chi connectivity index (χ1v) is 6.49.